The van der Waals surface area contributed by atoms with E-state index in [-0.39, 0.29) is 0 Å². The molecule has 1 saturated heterocycles. The molecule has 1 aliphatic heterocycles. The molecule has 3 nitrogen and oxygen atoms in total. The standard InChI is InChI=1S/C17H21N3/c1-12-9-14(11-20(12)15-5-6-15)19-17-4-2-3-13-10-18-8-7-16(13)17/h2-4,7-8,10,12,14-15,19H,5-6,9,11H2,1H3. The minimum atomic E-state index is 0.573. The Kier molecular flexibility index (Phi) is 2.88. The molecule has 3 heteroatoms. The van der Waals surface area contributed by atoms with E-state index in [0.29, 0.717) is 6.04 Å². The van der Waals surface area contributed by atoms with E-state index in [1.807, 2.05) is 12.4 Å². The maximum absolute atomic E-state index is 4.21. The monoisotopic (exact) mass is 267 g/mol. The van der Waals surface area contributed by atoms with Crippen LogP contribution < -0.4 is 5.32 Å². The predicted octanol–water partition coefficient (Wildman–Crippen LogP) is 3.27. The number of hydrogen-bond donors (Lipinski definition) is 1. The summed E-state index contributed by atoms with van der Waals surface area (Å²) in [5.74, 6) is 0. The van der Waals surface area contributed by atoms with Crippen LogP contribution in [0.5, 0.6) is 0 Å². The molecular formula is C17H21N3. The molecule has 1 N–H and O–H groups in total. The first-order valence-electron chi connectivity index (χ1n) is 7.66. The number of likely N-dealkylation sites (tertiary alicyclic amines) is 1. The minimum Gasteiger partial charge on any atom is -0.380 e. The summed E-state index contributed by atoms with van der Waals surface area (Å²) in [7, 11) is 0. The third-order valence-electron chi connectivity index (χ3n) is 4.68. The van der Waals surface area contributed by atoms with Crippen LogP contribution in [0.15, 0.2) is 36.7 Å². The van der Waals surface area contributed by atoms with Gasteiger partial charge in [0.25, 0.3) is 0 Å². The molecule has 1 saturated carbocycles. The van der Waals surface area contributed by atoms with E-state index in [9.17, 15) is 0 Å². The van der Waals surface area contributed by atoms with Gasteiger partial charge in [0.1, 0.15) is 0 Å². The van der Waals surface area contributed by atoms with Gasteiger partial charge in [0.05, 0.1) is 0 Å². The highest BCUT2D eigenvalue weighted by Gasteiger charge is 2.38. The number of hydrogen-bond acceptors (Lipinski definition) is 3. The smallest absolute Gasteiger partial charge is 0.0423 e. The second-order valence-electron chi connectivity index (χ2n) is 6.26. The van der Waals surface area contributed by atoms with Crippen LogP contribution in [-0.4, -0.2) is 34.6 Å². The molecule has 0 bridgehead atoms. The topological polar surface area (TPSA) is 28.2 Å². The Morgan fingerprint density at radius 3 is 3.00 bits per heavy atom. The molecule has 2 aromatic rings. The molecule has 2 fully saturated rings. The molecule has 1 aromatic carbocycles. The number of aromatic nitrogens is 1. The normalized spacial score (nSPS) is 27.1. The van der Waals surface area contributed by atoms with E-state index in [0.717, 1.165) is 12.1 Å². The van der Waals surface area contributed by atoms with Crippen molar-refractivity contribution in [3.05, 3.63) is 36.7 Å². The fraction of sp³-hybridized carbons (Fsp3) is 0.471. The van der Waals surface area contributed by atoms with Gasteiger partial charge in [-0.25, -0.2) is 0 Å². The van der Waals surface area contributed by atoms with Crippen LogP contribution in [0.1, 0.15) is 26.2 Å². The number of nitrogens with one attached hydrogen (secondary N) is 1. The van der Waals surface area contributed by atoms with Crippen molar-refractivity contribution in [2.24, 2.45) is 0 Å². The van der Waals surface area contributed by atoms with Crippen LogP contribution >= 0.6 is 0 Å². The molecule has 1 aliphatic carbocycles. The molecule has 4 rings (SSSR count). The van der Waals surface area contributed by atoms with E-state index in [1.54, 1.807) is 0 Å². The van der Waals surface area contributed by atoms with Crippen molar-refractivity contribution in [2.75, 3.05) is 11.9 Å². The summed E-state index contributed by atoms with van der Waals surface area (Å²) in [4.78, 5) is 6.89. The maximum Gasteiger partial charge on any atom is 0.0423 e. The summed E-state index contributed by atoms with van der Waals surface area (Å²) in [6, 6.07) is 10.7. The van der Waals surface area contributed by atoms with E-state index in [2.05, 4.69) is 46.4 Å². The van der Waals surface area contributed by atoms with Crippen molar-refractivity contribution < 1.29 is 0 Å². The third kappa shape index (κ3) is 2.16. The summed E-state index contributed by atoms with van der Waals surface area (Å²) in [6.07, 6.45) is 7.86. The van der Waals surface area contributed by atoms with Gasteiger partial charge in [0, 0.05) is 53.5 Å². The Bertz CT molecular complexity index is 615. The zero-order chi connectivity index (χ0) is 13.5. The summed E-state index contributed by atoms with van der Waals surface area (Å²) in [5, 5.41) is 6.25. The molecule has 1 aromatic heterocycles. The molecule has 2 unspecified atom stereocenters. The first-order chi connectivity index (χ1) is 9.81. The van der Waals surface area contributed by atoms with Gasteiger partial charge in [-0.05, 0) is 38.3 Å². The van der Waals surface area contributed by atoms with E-state index in [1.165, 1.54) is 42.3 Å². The van der Waals surface area contributed by atoms with E-state index >= 15 is 0 Å². The van der Waals surface area contributed by atoms with Gasteiger partial charge in [0.2, 0.25) is 0 Å². The van der Waals surface area contributed by atoms with E-state index in [4.69, 9.17) is 0 Å². The van der Waals surface area contributed by atoms with Crippen LogP contribution in [-0.2, 0) is 0 Å². The van der Waals surface area contributed by atoms with Gasteiger partial charge in [-0.2, -0.15) is 0 Å². The molecule has 2 atom stereocenters. The lowest BCUT2D eigenvalue weighted by molar-refractivity contribution is 0.257. The Balaban J connectivity index is 1.56. The zero-order valence-corrected chi connectivity index (χ0v) is 11.9. The van der Waals surface area contributed by atoms with Crippen molar-refractivity contribution in [3.63, 3.8) is 0 Å². The van der Waals surface area contributed by atoms with Crippen LogP contribution in [0.4, 0.5) is 5.69 Å². The Morgan fingerprint density at radius 1 is 1.25 bits per heavy atom. The maximum atomic E-state index is 4.21. The molecule has 20 heavy (non-hydrogen) atoms. The second-order valence-corrected chi connectivity index (χ2v) is 6.26. The minimum absolute atomic E-state index is 0.573. The lowest BCUT2D eigenvalue weighted by atomic mass is 10.1. The van der Waals surface area contributed by atoms with Crippen LogP contribution in [0.3, 0.4) is 0 Å². The van der Waals surface area contributed by atoms with Gasteiger partial charge in [-0.3, -0.25) is 9.88 Å². The van der Waals surface area contributed by atoms with Crippen molar-refractivity contribution in [3.8, 4) is 0 Å². The molecule has 104 valence electrons. The van der Waals surface area contributed by atoms with Crippen LogP contribution in [0.25, 0.3) is 10.8 Å². The third-order valence-corrected chi connectivity index (χ3v) is 4.68. The van der Waals surface area contributed by atoms with Gasteiger partial charge in [-0.1, -0.05) is 12.1 Å². The zero-order valence-electron chi connectivity index (χ0n) is 11.9. The summed E-state index contributed by atoms with van der Waals surface area (Å²) in [5.41, 5.74) is 1.25. The Morgan fingerprint density at radius 2 is 2.15 bits per heavy atom. The SMILES string of the molecule is CC1CC(Nc2cccc3cnccc23)CN1C1CC1. The Labute approximate surface area is 120 Å². The average molecular weight is 267 g/mol. The second kappa shape index (κ2) is 4.74. The van der Waals surface area contributed by atoms with E-state index < -0.39 is 0 Å². The fourth-order valence-electron chi connectivity index (χ4n) is 3.54. The largest absolute Gasteiger partial charge is 0.380 e. The quantitative estimate of drug-likeness (QED) is 0.925. The number of pyridine rings is 1. The van der Waals surface area contributed by atoms with Crippen molar-refractivity contribution in [1.29, 1.82) is 0 Å². The van der Waals surface area contributed by atoms with Crippen LogP contribution in [0, 0.1) is 0 Å². The Hall–Kier alpha value is -1.61. The molecule has 2 heterocycles. The molecule has 0 spiro atoms. The number of benzene rings is 1. The van der Waals surface area contributed by atoms with Gasteiger partial charge in [0.15, 0.2) is 0 Å². The number of anilines is 1. The molecule has 0 amide bonds. The van der Waals surface area contributed by atoms with Gasteiger partial charge >= 0.3 is 0 Å². The highest BCUT2D eigenvalue weighted by atomic mass is 15.3. The summed E-state index contributed by atoms with van der Waals surface area (Å²) in [6.45, 7) is 3.56. The average Bonchev–Trinajstić information content (AvgIpc) is 3.24. The van der Waals surface area contributed by atoms with Crippen molar-refractivity contribution >= 4 is 16.5 Å². The highest BCUT2D eigenvalue weighted by Crippen LogP contribution is 2.34. The number of rotatable bonds is 3. The fourth-order valence-corrected chi connectivity index (χ4v) is 3.54. The lowest BCUT2D eigenvalue weighted by Crippen LogP contribution is -2.31. The first-order valence-corrected chi connectivity index (χ1v) is 7.66. The highest BCUT2D eigenvalue weighted by molar-refractivity contribution is 5.93. The van der Waals surface area contributed by atoms with Crippen molar-refractivity contribution in [1.82, 2.24) is 9.88 Å². The molecule has 2 aliphatic rings. The van der Waals surface area contributed by atoms with Gasteiger partial charge < -0.3 is 5.32 Å². The summed E-state index contributed by atoms with van der Waals surface area (Å²) >= 11 is 0. The lowest BCUT2D eigenvalue weighted by Gasteiger charge is -2.20. The predicted molar refractivity (Wildman–Crippen MR) is 83.0 cm³/mol. The van der Waals surface area contributed by atoms with Gasteiger partial charge in [-0.15, -0.1) is 0 Å². The van der Waals surface area contributed by atoms with Crippen molar-refractivity contribution in [2.45, 2.75) is 44.3 Å². The summed E-state index contributed by atoms with van der Waals surface area (Å²) < 4.78 is 0. The molecular weight excluding hydrogens is 246 g/mol. The number of fused-ring (bicyclic) bond motifs is 1. The number of nitrogens with zero attached hydrogens (tertiary/aromatic N) is 2. The molecule has 0 radical (unpaired) electrons. The first kappa shape index (κ1) is 12.2. The van der Waals surface area contributed by atoms with Crippen LogP contribution in [0.2, 0.25) is 0 Å².